The fourth-order valence-electron chi connectivity index (χ4n) is 1.74. The molecule has 0 fully saturated rings. The minimum Gasteiger partial charge on any atom is -0.298 e. The smallest absolute Gasteiger partial charge is 0.150 e. The van der Waals surface area contributed by atoms with Gasteiger partial charge < -0.3 is 0 Å². The molecule has 1 atom stereocenters. The Morgan fingerprint density at radius 1 is 1.15 bits per heavy atom. The van der Waals surface area contributed by atoms with Crippen LogP contribution >= 0.6 is 15.9 Å². The largest absolute Gasteiger partial charge is 0.298 e. The zero-order valence-electron chi connectivity index (χ0n) is 10.5. The third-order valence-corrected chi connectivity index (χ3v) is 4.55. The Kier molecular flexibility index (Phi) is 5.20. The zero-order chi connectivity index (χ0) is 14.5. The molecule has 0 amide bonds. The monoisotopic (exact) mass is 354 g/mol. The van der Waals surface area contributed by atoms with Gasteiger partial charge >= 0.3 is 0 Å². The van der Waals surface area contributed by atoms with Gasteiger partial charge in [0, 0.05) is 15.8 Å². The van der Waals surface area contributed by atoms with Crippen molar-refractivity contribution in [3.63, 3.8) is 0 Å². The van der Waals surface area contributed by atoms with Crippen LogP contribution in [0.5, 0.6) is 0 Å². The standard InChI is InChI=1S/C15H12BrFO2S/c16-12-5-3-6-14(9-12)20(19)10-13(18)8-11-4-1-2-7-15(11)17/h1-7,9H,8,10H2. The molecule has 0 aliphatic heterocycles. The summed E-state index contributed by atoms with van der Waals surface area (Å²) in [7, 11) is -1.41. The number of carbonyl (C=O) groups excluding carboxylic acids is 1. The molecule has 0 aliphatic carbocycles. The van der Waals surface area contributed by atoms with Gasteiger partial charge in [0.05, 0.1) is 16.6 Å². The van der Waals surface area contributed by atoms with Crippen molar-refractivity contribution in [1.82, 2.24) is 0 Å². The Morgan fingerprint density at radius 3 is 2.60 bits per heavy atom. The van der Waals surface area contributed by atoms with E-state index in [9.17, 15) is 13.4 Å². The minimum absolute atomic E-state index is 0.0353. The number of carbonyl (C=O) groups is 1. The van der Waals surface area contributed by atoms with Crippen LogP contribution in [0.1, 0.15) is 5.56 Å². The van der Waals surface area contributed by atoms with Crippen LogP contribution in [0, 0.1) is 5.82 Å². The van der Waals surface area contributed by atoms with Crippen molar-refractivity contribution >= 4 is 32.5 Å². The number of hydrogen-bond acceptors (Lipinski definition) is 2. The number of rotatable bonds is 5. The van der Waals surface area contributed by atoms with Gasteiger partial charge in [-0.25, -0.2) is 4.39 Å². The maximum atomic E-state index is 13.4. The lowest BCUT2D eigenvalue weighted by atomic mass is 10.1. The van der Waals surface area contributed by atoms with E-state index in [0.29, 0.717) is 10.5 Å². The van der Waals surface area contributed by atoms with Crippen LogP contribution in [0.25, 0.3) is 0 Å². The summed E-state index contributed by atoms with van der Waals surface area (Å²) in [4.78, 5) is 12.4. The van der Waals surface area contributed by atoms with Crippen LogP contribution in [0.4, 0.5) is 4.39 Å². The highest BCUT2D eigenvalue weighted by atomic mass is 79.9. The molecule has 104 valence electrons. The van der Waals surface area contributed by atoms with Gasteiger partial charge in [-0.15, -0.1) is 0 Å². The highest BCUT2D eigenvalue weighted by Crippen LogP contribution is 2.15. The van der Waals surface area contributed by atoms with Crippen LogP contribution in [-0.2, 0) is 22.0 Å². The van der Waals surface area contributed by atoms with Crippen LogP contribution in [0.2, 0.25) is 0 Å². The summed E-state index contributed by atoms with van der Waals surface area (Å²) in [5.41, 5.74) is 0.337. The number of hydrogen-bond donors (Lipinski definition) is 0. The maximum absolute atomic E-state index is 13.4. The quantitative estimate of drug-likeness (QED) is 0.823. The third kappa shape index (κ3) is 4.08. The molecular formula is C15H12BrFO2S. The van der Waals surface area contributed by atoms with Crippen molar-refractivity contribution in [2.45, 2.75) is 11.3 Å². The highest BCUT2D eigenvalue weighted by Gasteiger charge is 2.13. The molecule has 1 unspecified atom stereocenters. The topological polar surface area (TPSA) is 34.1 Å². The maximum Gasteiger partial charge on any atom is 0.150 e. The predicted octanol–water partition coefficient (Wildman–Crippen LogP) is 3.51. The van der Waals surface area contributed by atoms with Crippen molar-refractivity contribution in [2.24, 2.45) is 0 Å². The van der Waals surface area contributed by atoms with E-state index in [1.807, 2.05) is 6.07 Å². The van der Waals surface area contributed by atoms with Crippen LogP contribution < -0.4 is 0 Å². The Bertz CT molecular complexity index is 658. The van der Waals surface area contributed by atoms with Crippen molar-refractivity contribution in [3.05, 3.63) is 64.4 Å². The summed E-state index contributed by atoms with van der Waals surface area (Å²) in [6.45, 7) is 0. The first kappa shape index (κ1) is 15.1. The van der Waals surface area contributed by atoms with Gasteiger partial charge in [0.15, 0.2) is 0 Å². The van der Waals surface area contributed by atoms with E-state index in [4.69, 9.17) is 0 Å². The van der Waals surface area contributed by atoms with E-state index in [1.165, 1.54) is 6.07 Å². The highest BCUT2D eigenvalue weighted by molar-refractivity contribution is 9.10. The molecule has 20 heavy (non-hydrogen) atoms. The first-order chi connectivity index (χ1) is 9.56. The molecule has 0 saturated heterocycles. The van der Waals surface area contributed by atoms with Crippen molar-refractivity contribution in [3.8, 4) is 0 Å². The number of ketones is 1. The second-order valence-electron chi connectivity index (χ2n) is 4.25. The average molecular weight is 355 g/mol. The molecule has 2 rings (SSSR count). The summed E-state index contributed by atoms with van der Waals surface area (Å²) < 4.78 is 26.3. The minimum atomic E-state index is -1.41. The SMILES string of the molecule is O=C(Cc1ccccc1F)CS(=O)c1cccc(Br)c1. The predicted molar refractivity (Wildman–Crippen MR) is 80.5 cm³/mol. The van der Waals surface area contributed by atoms with Gasteiger partial charge in [0.2, 0.25) is 0 Å². The number of halogens is 2. The fourth-order valence-corrected chi connectivity index (χ4v) is 3.34. The first-order valence-electron chi connectivity index (χ1n) is 5.95. The second kappa shape index (κ2) is 6.90. The molecular weight excluding hydrogens is 343 g/mol. The summed E-state index contributed by atoms with van der Waals surface area (Å²) in [6.07, 6.45) is -0.0353. The van der Waals surface area contributed by atoms with E-state index < -0.39 is 16.6 Å². The van der Waals surface area contributed by atoms with Gasteiger partial charge in [-0.1, -0.05) is 40.2 Å². The molecule has 5 heteroatoms. The molecule has 0 saturated carbocycles. The molecule has 0 radical (unpaired) electrons. The zero-order valence-corrected chi connectivity index (χ0v) is 12.9. The molecule has 2 aromatic carbocycles. The summed E-state index contributed by atoms with van der Waals surface area (Å²) in [5, 5.41) is 0. The van der Waals surface area contributed by atoms with Crippen LogP contribution in [0.15, 0.2) is 57.9 Å². The molecule has 0 aliphatic rings. The van der Waals surface area contributed by atoms with Gasteiger partial charge in [-0.05, 0) is 29.8 Å². The molecule has 0 N–H and O–H groups in total. The molecule has 0 spiro atoms. The second-order valence-corrected chi connectivity index (χ2v) is 6.62. The van der Waals surface area contributed by atoms with Crippen molar-refractivity contribution in [1.29, 1.82) is 0 Å². The number of benzene rings is 2. The van der Waals surface area contributed by atoms with Crippen LogP contribution in [0.3, 0.4) is 0 Å². The molecule has 0 aromatic heterocycles. The van der Waals surface area contributed by atoms with Crippen molar-refractivity contribution in [2.75, 3.05) is 5.75 Å². The third-order valence-electron chi connectivity index (χ3n) is 2.70. The summed E-state index contributed by atoms with van der Waals surface area (Å²) in [6, 6.07) is 13.1. The Morgan fingerprint density at radius 2 is 1.90 bits per heavy atom. The Labute approximate surface area is 127 Å². The van der Waals surface area contributed by atoms with E-state index in [2.05, 4.69) is 15.9 Å². The first-order valence-corrected chi connectivity index (χ1v) is 8.06. The summed E-state index contributed by atoms with van der Waals surface area (Å²) in [5.74, 6) is -0.757. The molecule has 2 aromatic rings. The van der Waals surface area contributed by atoms with Gasteiger partial charge in [0.25, 0.3) is 0 Å². The van der Waals surface area contributed by atoms with Crippen LogP contribution in [-0.4, -0.2) is 15.7 Å². The van der Waals surface area contributed by atoms with Gasteiger partial charge in [0.1, 0.15) is 11.6 Å². The lowest BCUT2D eigenvalue weighted by Crippen LogP contribution is -2.14. The van der Waals surface area contributed by atoms with Crippen molar-refractivity contribution < 1.29 is 13.4 Å². The number of Topliss-reactive ketones (excluding diaryl/α,β-unsaturated/α-hetero) is 1. The van der Waals surface area contributed by atoms with Gasteiger partial charge in [-0.3, -0.25) is 9.00 Å². The lowest BCUT2D eigenvalue weighted by Gasteiger charge is -2.04. The molecule has 0 bridgehead atoms. The average Bonchev–Trinajstić information content (AvgIpc) is 2.41. The van der Waals surface area contributed by atoms with Gasteiger partial charge in [-0.2, -0.15) is 0 Å². The fraction of sp³-hybridized carbons (Fsp3) is 0.133. The Hall–Kier alpha value is -1.33. The van der Waals surface area contributed by atoms with E-state index in [0.717, 1.165) is 4.47 Å². The van der Waals surface area contributed by atoms with E-state index in [1.54, 1.807) is 36.4 Å². The normalized spacial score (nSPS) is 12.1. The lowest BCUT2D eigenvalue weighted by molar-refractivity contribution is -0.116. The summed E-state index contributed by atoms with van der Waals surface area (Å²) >= 11 is 3.29. The van der Waals surface area contributed by atoms with E-state index in [-0.39, 0.29) is 18.0 Å². The Balaban J connectivity index is 2.02. The molecule has 0 heterocycles. The van der Waals surface area contributed by atoms with E-state index >= 15 is 0 Å². The molecule has 2 nitrogen and oxygen atoms in total.